The minimum absolute atomic E-state index is 0.0359. The van der Waals surface area contributed by atoms with Crippen LogP contribution < -0.4 is 15.5 Å². The summed E-state index contributed by atoms with van der Waals surface area (Å²) in [6.45, 7) is 3.99. The maximum Gasteiger partial charge on any atom is 0.225 e. The SMILES string of the molecule is C=C1C=CCC(C(=O)N[C@H]2CC[C@@H](Nc3nc(N(C)C)c4ccccc4n3)CC2)C1. The fourth-order valence-electron chi connectivity index (χ4n) is 4.42. The van der Waals surface area contributed by atoms with Crippen LogP contribution in [0.1, 0.15) is 38.5 Å². The lowest BCUT2D eigenvalue weighted by Crippen LogP contribution is -2.43. The average molecular weight is 406 g/mol. The van der Waals surface area contributed by atoms with E-state index in [0.29, 0.717) is 12.0 Å². The third-order valence-corrected chi connectivity index (χ3v) is 6.07. The van der Waals surface area contributed by atoms with Crippen LogP contribution in [0.5, 0.6) is 0 Å². The zero-order chi connectivity index (χ0) is 21.1. The maximum absolute atomic E-state index is 12.6. The van der Waals surface area contributed by atoms with E-state index in [9.17, 15) is 4.79 Å². The summed E-state index contributed by atoms with van der Waals surface area (Å²) in [7, 11) is 4.01. The van der Waals surface area contributed by atoms with Crippen molar-refractivity contribution in [3.05, 3.63) is 48.6 Å². The first kappa shape index (κ1) is 20.4. The Hall–Kier alpha value is -2.89. The van der Waals surface area contributed by atoms with Crippen molar-refractivity contribution in [1.29, 1.82) is 0 Å². The number of rotatable bonds is 5. The number of nitrogens with one attached hydrogen (secondary N) is 2. The highest BCUT2D eigenvalue weighted by molar-refractivity contribution is 5.90. The number of nitrogens with zero attached hydrogens (tertiary/aromatic N) is 3. The van der Waals surface area contributed by atoms with Crippen molar-refractivity contribution in [3.8, 4) is 0 Å². The van der Waals surface area contributed by atoms with Gasteiger partial charge in [0.2, 0.25) is 11.9 Å². The van der Waals surface area contributed by atoms with Gasteiger partial charge in [0.25, 0.3) is 0 Å². The predicted molar refractivity (Wildman–Crippen MR) is 123 cm³/mol. The summed E-state index contributed by atoms with van der Waals surface area (Å²) >= 11 is 0. The molecule has 6 nitrogen and oxygen atoms in total. The molecule has 2 aromatic rings. The summed E-state index contributed by atoms with van der Waals surface area (Å²) in [6, 6.07) is 8.68. The van der Waals surface area contributed by atoms with E-state index in [2.05, 4.69) is 29.4 Å². The molecule has 4 rings (SSSR count). The van der Waals surface area contributed by atoms with Crippen LogP contribution in [-0.2, 0) is 4.79 Å². The molecule has 0 aliphatic heterocycles. The van der Waals surface area contributed by atoms with E-state index in [0.717, 1.165) is 60.8 Å². The van der Waals surface area contributed by atoms with E-state index in [1.807, 2.05) is 43.3 Å². The Bertz CT molecular complexity index is 959. The minimum Gasteiger partial charge on any atom is -0.362 e. The van der Waals surface area contributed by atoms with Gasteiger partial charge in [-0.3, -0.25) is 4.79 Å². The van der Waals surface area contributed by atoms with Gasteiger partial charge in [0.1, 0.15) is 5.82 Å². The number of carbonyl (C=O) groups excluding carboxylic acids is 1. The Labute approximate surface area is 178 Å². The van der Waals surface area contributed by atoms with Gasteiger partial charge in [-0.15, -0.1) is 0 Å². The second-order valence-electron chi connectivity index (χ2n) is 8.68. The molecule has 2 aliphatic carbocycles. The van der Waals surface area contributed by atoms with Crippen molar-refractivity contribution in [2.24, 2.45) is 5.92 Å². The molecule has 1 fully saturated rings. The molecule has 158 valence electrons. The van der Waals surface area contributed by atoms with Crippen LogP contribution in [0.3, 0.4) is 0 Å². The lowest BCUT2D eigenvalue weighted by atomic mass is 9.88. The molecule has 0 radical (unpaired) electrons. The van der Waals surface area contributed by atoms with Gasteiger partial charge in [-0.2, -0.15) is 4.98 Å². The molecular formula is C24H31N5O. The second kappa shape index (κ2) is 8.86. The molecule has 1 heterocycles. The summed E-state index contributed by atoms with van der Waals surface area (Å²) in [6.07, 6.45) is 9.61. The van der Waals surface area contributed by atoms with Crippen LogP contribution in [0.25, 0.3) is 10.9 Å². The van der Waals surface area contributed by atoms with Gasteiger partial charge in [0, 0.05) is 37.5 Å². The van der Waals surface area contributed by atoms with Crippen LogP contribution in [0.15, 0.2) is 48.6 Å². The molecule has 0 bridgehead atoms. The number of anilines is 2. The summed E-state index contributed by atoms with van der Waals surface area (Å²) in [5.41, 5.74) is 1.99. The molecule has 2 aliphatic rings. The molecule has 1 aromatic carbocycles. The lowest BCUT2D eigenvalue weighted by molar-refractivity contribution is -0.125. The largest absolute Gasteiger partial charge is 0.362 e. The highest BCUT2D eigenvalue weighted by Crippen LogP contribution is 2.27. The average Bonchev–Trinajstić information content (AvgIpc) is 2.74. The normalized spacial score (nSPS) is 23.9. The summed E-state index contributed by atoms with van der Waals surface area (Å²) in [5, 5.41) is 7.85. The second-order valence-corrected chi connectivity index (χ2v) is 8.68. The van der Waals surface area contributed by atoms with Crippen LogP contribution >= 0.6 is 0 Å². The van der Waals surface area contributed by atoms with Crippen LogP contribution in [0.4, 0.5) is 11.8 Å². The topological polar surface area (TPSA) is 70.2 Å². The highest BCUT2D eigenvalue weighted by Gasteiger charge is 2.26. The first-order valence-electron chi connectivity index (χ1n) is 10.8. The molecule has 1 aromatic heterocycles. The van der Waals surface area contributed by atoms with Crippen molar-refractivity contribution >= 4 is 28.6 Å². The molecule has 0 saturated heterocycles. The Kier molecular flexibility index (Phi) is 6.02. The molecule has 1 amide bonds. The molecule has 1 unspecified atom stereocenters. The highest BCUT2D eigenvalue weighted by atomic mass is 16.1. The molecule has 1 atom stereocenters. The van der Waals surface area contributed by atoms with Crippen LogP contribution in [-0.4, -0.2) is 42.1 Å². The molecular weight excluding hydrogens is 374 g/mol. The number of amides is 1. The molecule has 2 N–H and O–H groups in total. The Morgan fingerprint density at radius 2 is 1.83 bits per heavy atom. The minimum atomic E-state index is 0.0359. The molecule has 6 heteroatoms. The molecule has 0 spiro atoms. The number of benzene rings is 1. The van der Waals surface area contributed by atoms with Crippen molar-refractivity contribution in [2.45, 2.75) is 50.6 Å². The standard InChI is InChI=1S/C24H31N5O/c1-16-7-6-8-17(15-16)23(30)25-18-11-13-19(14-12-18)26-24-27-21-10-5-4-9-20(21)22(28-24)29(2)3/h4-7,9-10,17-19H,1,8,11-15H2,2-3H3,(H,25,30)(H,26,27,28)/t17?,18-,19+. The van der Waals surface area contributed by atoms with Gasteiger partial charge >= 0.3 is 0 Å². The van der Waals surface area contributed by atoms with E-state index in [1.54, 1.807) is 0 Å². The first-order chi connectivity index (χ1) is 14.5. The van der Waals surface area contributed by atoms with E-state index in [4.69, 9.17) is 9.97 Å². The Morgan fingerprint density at radius 3 is 2.57 bits per heavy atom. The summed E-state index contributed by atoms with van der Waals surface area (Å²) < 4.78 is 0. The van der Waals surface area contributed by atoms with Crippen molar-refractivity contribution in [2.75, 3.05) is 24.3 Å². The zero-order valence-corrected chi connectivity index (χ0v) is 17.9. The van der Waals surface area contributed by atoms with Crippen molar-refractivity contribution in [3.63, 3.8) is 0 Å². The van der Waals surface area contributed by atoms with E-state index in [1.165, 1.54) is 0 Å². The van der Waals surface area contributed by atoms with Gasteiger partial charge in [0.05, 0.1) is 5.52 Å². The number of hydrogen-bond acceptors (Lipinski definition) is 5. The number of hydrogen-bond donors (Lipinski definition) is 2. The maximum atomic E-state index is 12.6. The monoisotopic (exact) mass is 405 g/mol. The quantitative estimate of drug-likeness (QED) is 0.785. The van der Waals surface area contributed by atoms with Gasteiger partial charge in [0.15, 0.2) is 0 Å². The fraction of sp³-hybridized carbons (Fsp3) is 0.458. The Balaban J connectivity index is 1.34. The van der Waals surface area contributed by atoms with Crippen molar-refractivity contribution < 1.29 is 4.79 Å². The number of fused-ring (bicyclic) bond motifs is 1. The molecule has 30 heavy (non-hydrogen) atoms. The van der Waals surface area contributed by atoms with Gasteiger partial charge in [-0.05, 0) is 50.7 Å². The zero-order valence-electron chi connectivity index (χ0n) is 17.9. The summed E-state index contributed by atoms with van der Waals surface area (Å²) in [5.74, 6) is 1.81. The molecule has 1 saturated carbocycles. The lowest BCUT2D eigenvalue weighted by Gasteiger charge is -2.31. The van der Waals surface area contributed by atoms with Gasteiger partial charge < -0.3 is 15.5 Å². The number of aromatic nitrogens is 2. The predicted octanol–water partition coefficient (Wildman–Crippen LogP) is 4.06. The Morgan fingerprint density at radius 1 is 1.10 bits per heavy atom. The van der Waals surface area contributed by atoms with E-state index < -0.39 is 0 Å². The van der Waals surface area contributed by atoms with Crippen molar-refractivity contribution in [1.82, 2.24) is 15.3 Å². The fourth-order valence-corrected chi connectivity index (χ4v) is 4.42. The van der Waals surface area contributed by atoms with Gasteiger partial charge in [-0.25, -0.2) is 4.98 Å². The van der Waals surface area contributed by atoms with E-state index >= 15 is 0 Å². The third kappa shape index (κ3) is 4.64. The smallest absolute Gasteiger partial charge is 0.225 e. The number of para-hydroxylation sites is 1. The summed E-state index contributed by atoms with van der Waals surface area (Å²) in [4.78, 5) is 24.1. The van der Waals surface area contributed by atoms with Crippen LogP contribution in [0.2, 0.25) is 0 Å². The number of allylic oxidation sites excluding steroid dienone is 3. The number of carbonyl (C=O) groups is 1. The third-order valence-electron chi connectivity index (χ3n) is 6.07. The first-order valence-corrected chi connectivity index (χ1v) is 10.8. The van der Waals surface area contributed by atoms with E-state index in [-0.39, 0.29) is 17.9 Å². The van der Waals surface area contributed by atoms with Gasteiger partial charge in [-0.1, -0.05) is 36.4 Å². The van der Waals surface area contributed by atoms with Crippen LogP contribution in [0, 0.1) is 5.92 Å².